The number of allylic oxidation sites excluding steroid dienone is 2. The van der Waals surface area contributed by atoms with Crippen molar-refractivity contribution in [3.8, 4) is 11.3 Å². The number of hydrogen-bond donors (Lipinski definition) is 1. The van der Waals surface area contributed by atoms with E-state index in [1.165, 1.54) is 57.5 Å². The van der Waals surface area contributed by atoms with Crippen molar-refractivity contribution in [1.82, 2.24) is 4.98 Å². The minimum absolute atomic E-state index is 0. The molecule has 3 nitrogen and oxygen atoms in total. The molecular weight excluding hydrogens is 863 g/mol. The van der Waals surface area contributed by atoms with E-state index in [9.17, 15) is 9.90 Å². The van der Waals surface area contributed by atoms with Crippen molar-refractivity contribution in [3.05, 3.63) is 76.3 Å². The Bertz CT molecular complexity index is 2170. The van der Waals surface area contributed by atoms with E-state index >= 15 is 0 Å². The van der Waals surface area contributed by atoms with Crippen LogP contribution in [-0.4, -0.2) is 15.9 Å². The Morgan fingerprint density at radius 3 is 2.08 bits per heavy atom. The number of nitrogens with zero attached hydrogens (tertiary/aromatic N) is 1. The average molecular weight is 917 g/mol. The molecule has 2 aromatic carbocycles. The molecule has 0 saturated carbocycles. The summed E-state index contributed by atoms with van der Waals surface area (Å²) in [5, 5.41) is 19.9. The van der Waals surface area contributed by atoms with Gasteiger partial charge in [0.1, 0.15) is 5.76 Å². The topological polar surface area (TPSA) is 50.2 Å². The molecule has 6 rings (SSSR count). The summed E-state index contributed by atoms with van der Waals surface area (Å²) in [5.41, 5.74) is 4.48. The second kappa shape index (κ2) is 16.3. The fourth-order valence-corrected chi connectivity index (χ4v) is 10.1. The SMILES string of the molecule is CC(C)Cc1csc2c1ccc1c3ccnc(-c4[c-]c5ccsc5c(C(C)(C)C)c4)c3sc12.CCC(C)(CC)C(=O)/C=C(\O)C(C)(CC)CC.[Ir]. The fourth-order valence-electron chi connectivity index (χ4n) is 6.47. The first kappa shape index (κ1) is 41.3. The molecule has 1 N–H and O–H groups in total. The van der Waals surface area contributed by atoms with Crippen LogP contribution in [0, 0.1) is 22.8 Å². The van der Waals surface area contributed by atoms with Crippen LogP contribution < -0.4 is 0 Å². The quantitative estimate of drug-likeness (QED) is 0.0846. The molecule has 0 fully saturated rings. The minimum atomic E-state index is -0.337. The Morgan fingerprint density at radius 2 is 1.47 bits per heavy atom. The van der Waals surface area contributed by atoms with Crippen LogP contribution in [0.5, 0.6) is 0 Å². The zero-order valence-electron chi connectivity index (χ0n) is 32.2. The van der Waals surface area contributed by atoms with Crippen LogP contribution in [-0.2, 0) is 36.7 Å². The Hall–Kier alpha value is -2.41. The van der Waals surface area contributed by atoms with E-state index in [2.05, 4.69) is 81.8 Å². The molecule has 0 atom stereocenters. The van der Waals surface area contributed by atoms with E-state index in [-0.39, 0.29) is 47.9 Å². The summed E-state index contributed by atoms with van der Waals surface area (Å²) in [7, 11) is 0. The number of rotatable bonds is 10. The third-order valence-corrected chi connectivity index (χ3v) is 14.3. The van der Waals surface area contributed by atoms with Gasteiger partial charge in [-0.25, -0.2) is 0 Å². The van der Waals surface area contributed by atoms with Crippen LogP contribution in [0.3, 0.4) is 0 Å². The van der Waals surface area contributed by atoms with E-state index in [4.69, 9.17) is 4.98 Å². The molecule has 6 aromatic rings. The minimum Gasteiger partial charge on any atom is -0.512 e. The summed E-state index contributed by atoms with van der Waals surface area (Å²) in [4.78, 5) is 17.1. The second-order valence-electron chi connectivity index (χ2n) is 15.8. The summed E-state index contributed by atoms with van der Waals surface area (Å²) in [6.07, 6.45) is 7.85. The van der Waals surface area contributed by atoms with Crippen molar-refractivity contribution in [2.45, 2.75) is 114 Å². The smallest absolute Gasteiger partial charge is 0.164 e. The molecule has 0 amide bonds. The van der Waals surface area contributed by atoms with Gasteiger partial charge in [0.25, 0.3) is 0 Å². The summed E-state index contributed by atoms with van der Waals surface area (Å²) >= 11 is 5.60. The molecule has 1 radical (unpaired) electrons. The molecular formula is C44H54IrNO2S3-. The van der Waals surface area contributed by atoms with Gasteiger partial charge in [0, 0.05) is 59.0 Å². The largest absolute Gasteiger partial charge is 0.512 e. The predicted molar refractivity (Wildman–Crippen MR) is 223 cm³/mol. The molecule has 275 valence electrons. The standard InChI is InChI=1S/C29H26NS3.C15H28O2.Ir/c1-16(2)12-19-15-32-27-20(19)6-7-21-22-8-10-30-24(26(22)33-28(21)27)18-13-17-9-11-31-25(17)23(14-18)29(3,4)5;1-7-14(5,8-2)12(16)11-13(17)15(6,9-3)10-4;/h6-11,14-16H,12H2,1-5H3;11,16H,7-10H2,1-6H3;/q-1;;/b;12-11-;. The third-order valence-electron chi connectivity index (χ3n) is 10.9. The summed E-state index contributed by atoms with van der Waals surface area (Å²) in [6, 6.07) is 15.0. The van der Waals surface area contributed by atoms with E-state index in [0.29, 0.717) is 5.92 Å². The van der Waals surface area contributed by atoms with E-state index < -0.39 is 0 Å². The van der Waals surface area contributed by atoms with Crippen LogP contribution in [0.1, 0.15) is 113 Å². The molecule has 0 aliphatic rings. The number of benzene rings is 2. The third kappa shape index (κ3) is 8.24. The number of ketones is 1. The Morgan fingerprint density at radius 1 is 0.843 bits per heavy atom. The maximum Gasteiger partial charge on any atom is 0.164 e. The van der Waals surface area contributed by atoms with Crippen molar-refractivity contribution in [2.24, 2.45) is 16.7 Å². The number of carbonyl (C=O) groups excluding carboxylic acids is 1. The second-order valence-corrected chi connectivity index (χ2v) is 18.6. The fraction of sp³-hybridized carbons (Fsp3) is 0.455. The van der Waals surface area contributed by atoms with Crippen molar-refractivity contribution in [3.63, 3.8) is 0 Å². The van der Waals surface area contributed by atoms with Crippen molar-refractivity contribution >= 4 is 80.1 Å². The molecule has 51 heavy (non-hydrogen) atoms. The van der Waals surface area contributed by atoms with Crippen LogP contribution in [0.2, 0.25) is 0 Å². The van der Waals surface area contributed by atoms with Gasteiger partial charge in [-0.1, -0.05) is 99.4 Å². The molecule has 0 saturated heterocycles. The number of aliphatic hydroxyl groups excluding tert-OH is 1. The van der Waals surface area contributed by atoms with Crippen molar-refractivity contribution < 1.29 is 30.0 Å². The molecule has 0 spiro atoms. The van der Waals surface area contributed by atoms with Crippen LogP contribution in [0.25, 0.3) is 51.6 Å². The summed E-state index contributed by atoms with van der Waals surface area (Å²) < 4.78 is 5.42. The Balaban J connectivity index is 0.000000279. The maximum atomic E-state index is 12.2. The Labute approximate surface area is 330 Å². The number of fused-ring (bicyclic) bond motifs is 6. The zero-order valence-corrected chi connectivity index (χ0v) is 37.0. The van der Waals surface area contributed by atoms with Crippen LogP contribution in [0.4, 0.5) is 0 Å². The Kier molecular flexibility index (Phi) is 13.2. The molecule has 0 aliphatic carbocycles. The number of aromatic nitrogens is 1. The molecule has 0 unspecified atom stereocenters. The van der Waals surface area contributed by atoms with E-state index in [0.717, 1.165) is 43.4 Å². The predicted octanol–water partition coefficient (Wildman–Crippen LogP) is 14.5. The van der Waals surface area contributed by atoms with Gasteiger partial charge in [-0.15, -0.1) is 46.3 Å². The molecule has 4 heterocycles. The number of carbonyl (C=O) groups is 1. The monoisotopic (exact) mass is 917 g/mol. The number of hydrogen-bond acceptors (Lipinski definition) is 6. The first-order chi connectivity index (χ1) is 23.6. The molecule has 7 heteroatoms. The van der Waals surface area contributed by atoms with Gasteiger partial charge in [-0.05, 0) is 81.3 Å². The number of aliphatic hydroxyl groups is 1. The first-order valence-electron chi connectivity index (χ1n) is 18.2. The van der Waals surface area contributed by atoms with Gasteiger partial charge in [0.2, 0.25) is 0 Å². The summed E-state index contributed by atoms with van der Waals surface area (Å²) in [6.45, 7) is 23.6. The van der Waals surface area contributed by atoms with E-state index in [1.54, 1.807) is 0 Å². The zero-order chi connectivity index (χ0) is 36.6. The molecule has 0 bridgehead atoms. The summed E-state index contributed by atoms with van der Waals surface area (Å²) in [5.74, 6) is 0.949. The van der Waals surface area contributed by atoms with Crippen molar-refractivity contribution in [1.29, 1.82) is 0 Å². The van der Waals surface area contributed by atoms with Gasteiger partial charge in [-0.3, -0.25) is 9.78 Å². The van der Waals surface area contributed by atoms with Gasteiger partial charge in [0.15, 0.2) is 5.78 Å². The number of thiophene rings is 3. The maximum absolute atomic E-state index is 12.2. The molecule has 4 aromatic heterocycles. The molecule has 0 aliphatic heterocycles. The average Bonchev–Trinajstić information content (AvgIpc) is 3.83. The van der Waals surface area contributed by atoms with Crippen LogP contribution >= 0.6 is 34.0 Å². The number of pyridine rings is 1. The first-order valence-corrected chi connectivity index (χ1v) is 20.8. The van der Waals surface area contributed by atoms with Crippen LogP contribution in [0.15, 0.2) is 59.1 Å². The van der Waals surface area contributed by atoms with Gasteiger partial charge in [0.05, 0.1) is 9.40 Å². The van der Waals surface area contributed by atoms with Gasteiger partial charge < -0.3 is 5.11 Å². The van der Waals surface area contributed by atoms with E-state index in [1.807, 2.05) is 81.7 Å². The normalized spacial score (nSPS) is 12.9. The van der Waals surface area contributed by atoms with Gasteiger partial charge in [-0.2, -0.15) is 11.3 Å². The van der Waals surface area contributed by atoms with Gasteiger partial charge >= 0.3 is 0 Å². The van der Waals surface area contributed by atoms with Crippen molar-refractivity contribution in [2.75, 3.05) is 0 Å².